The predicted molar refractivity (Wildman–Crippen MR) is 102 cm³/mol. The molecule has 0 radical (unpaired) electrons. The van der Waals surface area contributed by atoms with Crippen LogP contribution < -0.4 is 4.72 Å². The van der Waals surface area contributed by atoms with Gasteiger partial charge in [-0.2, -0.15) is 5.26 Å². The van der Waals surface area contributed by atoms with Crippen LogP contribution >= 0.6 is 0 Å². The van der Waals surface area contributed by atoms with Gasteiger partial charge in [0.1, 0.15) is 5.60 Å². The van der Waals surface area contributed by atoms with Crippen LogP contribution in [0.1, 0.15) is 44.7 Å². The number of carbonyl (C=O) groups is 2. The largest absolute Gasteiger partial charge is 0.444 e. The SMILES string of the molecule is CC(C)(C)OC(=O)N1CCC(C(=O)NS(=O)(=O)Cc2ccc(C#N)cc2)CC1. The van der Waals surface area contributed by atoms with Crippen molar-refractivity contribution in [3.8, 4) is 6.07 Å². The summed E-state index contributed by atoms with van der Waals surface area (Å²) in [5.74, 6) is -1.38. The highest BCUT2D eigenvalue weighted by Gasteiger charge is 2.31. The molecule has 1 aliphatic heterocycles. The van der Waals surface area contributed by atoms with Gasteiger partial charge in [-0.1, -0.05) is 12.1 Å². The third-order valence-electron chi connectivity index (χ3n) is 4.21. The number of ether oxygens (including phenoxy) is 1. The zero-order valence-electron chi connectivity index (χ0n) is 16.3. The maximum Gasteiger partial charge on any atom is 0.410 e. The Morgan fingerprint density at radius 1 is 1.21 bits per heavy atom. The maximum absolute atomic E-state index is 12.3. The molecule has 28 heavy (non-hydrogen) atoms. The fourth-order valence-corrected chi connectivity index (χ4v) is 3.99. The van der Waals surface area contributed by atoms with Crippen molar-refractivity contribution in [2.45, 2.75) is 45.0 Å². The lowest BCUT2D eigenvalue weighted by molar-refractivity contribution is -0.124. The molecule has 1 saturated heterocycles. The fraction of sp³-hybridized carbons (Fsp3) is 0.526. The Morgan fingerprint density at radius 3 is 2.29 bits per heavy atom. The molecule has 1 N–H and O–H groups in total. The molecule has 1 aromatic carbocycles. The van der Waals surface area contributed by atoms with E-state index in [9.17, 15) is 18.0 Å². The topological polar surface area (TPSA) is 117 Å². The Bertz CT molecular complexity index is 858. The van der Waals surface area contributed by atoms with Crippen LogP contribution in [0.25, 0.3) is 0 Å². The molecular formula is C19H25N3O5S. The standard InChI is InChI=1S/C19H25N3O5S/c1-19(2,3)27-18(24)22-10-8-16(9-11-22)17(23)21-28(25,26)13-15-6-4-14(12-20)5-7-15/h4-7,16H,8-11,13H2,1-3H3,(H,21,23). The molecular weight excluding hydrogens is 382 g/mol. The zero-order chi connectivity index (χ0) is 20.9. The molecule has 1 aliphatic rings. The minimum atomic E-state index is -3.84. The van der Waals surface area contributed by atoms with Gasteiger partial charge in [0.25, 0.3) is 0 Å². The summed E-state index contributed by atoms with van der Waals surface area (Å²) in [6, 6.07) is 8.10. The first-order valence-electron chi connectivity index (χ1n) is 9.00. The van der Waals surface area contributed by atoms with E-state index in [0.29, 0.717) is 37.1 Å². The average molecular weight is 407 g/mol. The van der Waals surface area contributed by atoms with E-state index >= 15 is 0 Å². The number of nitrogens with zero attached hydrogens (tertiary/aromatic N) is 2. The van der Waals surface area contributed by atoms with Crippen LogP contribution in [0.2, 0.25) is 0 Å². The molecule has 0 unspecified atom stereocenters. The van der Waals surface area contributed by atoms with Gasteiger partial charge in [-0.05, 0) is 51.3 Å². The molecule has 1 heterocycles. The highest BCUT2D eigenvalue weighted by Crippen LogP contribution is 2.20. The number of likely N-dealkylation sites (tertiary alicyclic amines) is 1. The molecule has 1 aromatic rings. The minimum absolute atomic E-state index is 0.336. The number of hydrogen-bond acceptors (Lipinski definition) is 6. The van der Waals surface area contributed by atoms with Crippen molar-refractivity contribution in [2.75, 3.05) is 13.1 Å². The van der Waals surface area contributed by atoms with Gasteiger partial charge in [0, 0.05) is 19.0 Å². The van der Waals surface area contributed by atoms with Crippen molar-refractivity contribution in [3.05, 3.63) is 35.4 Å². The van der Waals surface area contributed by atoms with Crippen molar-refractivity contribution >= 4 is 22.0 Å². The molecule has 0 saturated carbocycles. The van der Waals surface area contributed by atoms with Crippen molar-refractivity contribution in [3.63, 3.8) is 0 Å². The van der Waals surface area contributed by atoms with Crippen LogP contribution in [-0.4, -0.2) is 44.0 Å². The van der Waals surface area contributed by atoms with Crippen LogP contribution in [0.3, 0.4) is 0 Å². The Labute approximate surface area is 165 Å². The minimum Gasteiger partial charge on any atom is -0.444 e. The van der Waals surface area contributed by atoms with Crippen LogP contribution in [0.15, 0.2) is 24.3 Å². The predicted octanol–water partition coefficient (Wildman–Crippen LogP) is 2.15. The molecule has 1 fully saturated rings. The molecule has 152 valence electrons. The van der Waals surface area contributed by atoms with E-state index in [4.69, 9.17) is 10.00 Å². The lowest BCUT2D eigenvalue weighted by Gasteiger charge is -2.32. The van der Waals surface area contributed by atoms with E-state index in [-0.39, 0.29) is 5.75 Å². The van der Waals surface area contributed by atoms with Crippen LogP contribution in [-0.2, 0) is 25.3 Å². The molecule has 0 bridgehead atoms. The highest BCUT2D eigenvalue weighted by atomic mass is 32.2. The van der Waals surface area contributed by atoms with Crippen molar-refractivity contribution in [2.24, 2.45) is 5.92 Å². The first-order chi connectivity index (χ1) is 13.0. The monoisotopic (exact) mass is 407 g/mol. The van der Waals surface area contributed by atoms with Crippen molar-refractivity contribution in [1.82, 2.24) is 9.62 Å². The number of amides is 2. The van der Waals surface area contributed by atoms with Gasteiger partial charge in [0.05, 0.1) is 17.4 Å². The third-order valence-corrected chi connectivity index (χ3v) is 5.44. The Morgan fingerprint density at radius 2 is 1.79 bits per heavy atom. The van der Waals surface area contributed by atoms with Gasteiger partial charge in [-0.15, -0.1) is 0 Å². The van der Waals surface area contributed by atoms with E-state index < -0.39 is 33.5 Å². The van der Waals surface area contributed by atoms with Crippen LogP contribution in [0.5, 0.6) is 0 Å². The number of nitrogens with one attached hydrogen (secondary N) is 1. The molecule has 0 spiro atoms. The van der Waals surface area contributed by atoms with Crippen LogP contribution in [0, 0.1) is 17.2 Å². The second kappa shape index (κ2) is 8.61. The zero-order valence-corrected chi connectivity index (χ0v) is 17.1. The molecule has 0 aromatic heterocycles. The number of nitriles is 1. The lowest BCUT2D eigenvalue weighted by Crippen LogP contribution is -2.45. The summed E-state index contributed by atoms with van der Waals surface area (Å²) in [7, 11) is -3.84. The van der Waals surface area contributed by atoms with E-state index in [0.717, 1.165) is 0 Å². The summed E-state index contributed by atoms with van der Waals surface area (Å²) in [6.45, 7) is 6.02. The van der Waals surface area contributed by atoms with Gasteiger partial charge in [-0.3, -0.25) is 9.52 Å². The average Bonchev–Trinajstić information content (AvgIpc) is 2.60. The second-order valence-corrected chi connectivity index (χ2v) is 9.50. The summed E-state index contributed by atoms with van der Waals surface area (Å²) >= 11 is 0. The van der Waals surface area contributed by atoms with E-state index in [2.05, 4.69) is 4.72 Å². The summed E-state index contributed by atoms with van der Waals surface area (Å²) in [5.41, 5.74) is 0.325. The van der Waals surface area contributed by atoms with Crippen molar-refractivity contribution in [1.29, 1.82) is 5.26 Å². The Kier molecular flexibility index (Phi) is 6.67. The number of benzene rings is 1. The molecule has 2 rings (SSSR count). The molecule has 2 amide bonds. The first-order valence-corrected chi connectivity index (χ1v) is 10.7. The molecule has 0 atom stereocenters. The van der Waals surface area contributed by atoms with E-state index in [1.54, 1.807) is 32.9 Å². The number of carbonyl (C=O) groups excluding carboxylic acids is 2. The molecule has 8 nitrogen and oxygen atoms in total. The van der Waals surface area contributed by atoms with Gasteiger partial charge in [-0.25, -0.2) is 13.2 Å². The lowest BCUT2D eigenvalue weighted by atomic mass is 9.97. The summed E-state index contributed by atoms with van der Waals surface area (Å²) in [4.78, 5) is 25.9. The Balaban J connectivity index is 1.87. The van der Waals surface area contributed by atoms with Gasteiger partial charge >= 0.3 is 6.09 Å². The molecule has 9 heteroatoms. The van der Waals surface area contributed by atoms with E-state index in [1.807, 2.05) is 6.07 Å². The number of rotatable bonds is 4. The number of hydrogen-bond donors (Lipinski definition) is 1. The van der Waals surface area contributed by atoms with Gasteiger partial charge < -0.3 is 9.64 Å². The summed E-state index contributed by atoms with van der Waals surface area (Å²) < 4.78 is 31.9. The van der Waals surface area contributed by atoms with Gasteiger partial charge in [0.2, 0.25) is 15.9 Å². The number of piperidine rings is 1. The number of sulfonamides is 1. The fourth-order valence-electron chi connectivity index (χ4n) is 2.82. The highest BCUT2D eigenvalue weighted by molar-refractivity contribution is 7.89. The normalized spacial score (nSPS) is 15.6. The summed E-state index contributed by atoms with van der Waals surface area (Å²) in [5, 5.41) is 8.78. The molecule has 0 aliphatic carbocycles. The Hall–Kier alpha value is -2.60. The summed E-state index contributed by atoms with van der Waals surface area (Å²) in [6.07, 6.45) is 0.314. The van der Waals surface area contributed by atoms with Crippen LogP contribution in [0.4, 0.5) is 4.79 Å². The smallest absolute Gasteiger partial charge is 0.410 e. The second-order valence-electron chi connectivity index (χ2n) is 7.78. The quantitative estimate of drug-likeness (QED) is 0.817. The maximum atomic E-state index is 12.3. The third kappa shape index (κ3) is 6.53. The first kappa shape index (κ1) is 21.7. The van der Waals surface area contributed by atoms with Crippen molar-refractivity contribution < 1.29 is 22.7 Å². The van der Waals surface area contributed by atoms with Gasteiger partial charge in [0.15, 0.2) is 0 Å². The van der Waals surface area contributed by atoms with E-state index in [1.165, 1.54) is 17.0 Å².